The Balaban J connectivity index is 2.19. The van der Waals surface area contributed by atoms with Crippen molar-refractivity contribution in [1.29, 1.82) is 0 Å². The van der Waals surface area contributed by atoms with Crippen LogP contribution in [-0.4, -0.2) is 46.3 Å². The lowest BCUT2D eigenvalue weighted by Crippen LogP contribution is -2.40. The van der Waals surface area contributed by atoms with Gasteiger partial charge in [-0.05, 0) is 6.42 Å². The number of likely N-dealkylation sites (tertiary alicyclic amines) is 1. The van der Waals surface area contributed by atoms with Crippen molar-refractivity contribution in [3.05, 3.63) is 33.1 Å². The summed E-state index contributed by atoms with van der Waals surface area (Å²) in [5, 5.41) is 13.0. The zero-order chi connectivity index (χ0) is 14.9. The number of rotatable bonds is 3. The topological polar surface area (TPSA) is 105 Å². The van der Waals surface area contributed by atoms with E-state index in [1.807, 2.05) is 0 Å². The molecule has 0 bridgehead atoms. The fourth-order valence-corrected chi connectivity index (χ4v) is 2.08. The van der Waals surface area contributed by atoms with Crippen LogP contribution in [0, 0.1) is 10.1 Å². The first-order valence-electron chi connectivity index (χ1n) is 5.76. The maximum absolute atomic E-state index is 12.0. The molecule has 1 aliphatic heterocycles. The third-order valence-corrected chi connectivity index (χ3v) is 3.31. The summed E-state index contributed by atoms with van der Waals surface area (Å²) < 4.78 is 0. The lowest BCUT2D eigenvalue weighted by molar-refractivity contribution is -0.385. The van der Waals surface area contributed by atoms with E-state index < -0.39 is 16.9 Å². The average molecular weight is 299 g/mol. The predicted molar refractivity (Wildman–Crippen MR) is 69.4 cm³/mol. The monoisotopic (exact) mass is 298 g/mol. The molecule has 0 spiro atoms. The molecule has 1 atom stereocenters. The summed E-state index contributed by atoms with van der Waals surface area (Å²) >= 11 is 5.76. The van der Waals surface area contributed by atoms with Gasteiger partial charge in [-0.2, -0.15) is 0 Å². The van der Waals surface area contributed by atoms with Crippen LogP contribution >= 0.6 is 11.6 Å². The number of hydrogen-bond acceptors (Lipinski definition) is 5. The number of amides is 2. The quantitative estimate of drug-likeness (QED) is 0.500. The molecule has 20 heavy (non-hydrogen) atoms. The molecule has 1 unspecified atom stereocenters. The predicted octanol–water partition coefficient (Wildman–Crippen LogP) is 0.604. The normalized spacial score (nSPS) is 18.2. The van der Waals surface area contributed by atoms with Gasteiger partial charge in [-0.25, -0.2) is 4.98 Å². The molecule has 1 aliphatic rings. The van der Waals surface area contributed by atoms with E-state index in [1.54, 1.807) is 7.05 Å². The van der Waals surface area contributed by atoms with Crippen LogP contribution in [0.1, 0.15) is 16.8 Å². The van der Waals surface area contributed by atoms with Gasteiger partial charge in [0.25, 0.3) is 11.6 Å². The van der Waals surface area contributed by atoms with Gasteiger partial charge in [-0.15, -0.1) is 0 Å². The third kappa shape index (κ3) is 2.69. The van der Waals surface area contributed by atoms with Crippen LogP contribution in [0.3, 0.4) is 0 Å². The molecule has 2 amide bonds. The maximum Gasteiger partial charge on any atom is 0.288 e. The number of likely N-dealkylation sites (N-methyl/N-ethyl adjacent to an activating group) is 1. The number of aromatic nitrogens is 1. The van der Waals surface area contributed by atoms with E-state index >= 15 is 0 Å². The van der Waals surface area contributed by atoms with Gasteiger partial charge in [-0.1, -0.05) is 11.6 Å². The lowest BCUT2D eigenvalue weighted by Gasteiger charge is -2.12. The molecule has 0 aliphatic carbocycles. The van der Waals surface area contributed by atoms with E-state index in [-0.39, 0.29) is 22.3 Å². The minimum atomic E-state index is -0.672. The lowest BCUT2D eigenvalue weighted by atomic mass is 10.2. The molecule has 2 rings (SSSR count). The van der Waals surface area contributed by atoms with E-state index in [0.29, 0.717) is 13.0 Å². The number of pyridine rings is 1. The van der Waals surface area contributed by atoms with Crippen molar-refractivity contribution in [2.75, 3.05) is 13.6 Å². The van der Waals surface area contributed by atoms with E-state index in [4.69, 9.17) is 11.6 Å². The second kappa shape index (κ2) is 5.41. The Labute approximate surface area is 118 Å². The zero-order valence-electron chi connectivity index (χ0n) is 10.5. The number of nitrogens with one attached hydrogen (secondary N) is 1. The fourth-order valence-electron chi connectivity index (χ4n) is 1.89. The molecular weight excluding hydrogens is 288 g/mol. The van der Waals surface area contributed by atoms with Crippen LogP contribution in [0.4, 0.5) is 5.69 Å². The second-order valence-corrected chi connectivity index (χ2v) is 4.72. The van der Waals surface area contributed by atoms with Crippen LogP contribution in [0.15, 0.2) is 12.3 Å². The number of nitro groups is 1. The average Bonchev–Trinajstić information content (AvgIpc) is 2.71. The minimum Gasteiger partial charge on any atom is -0.344 e. The maximum atomic E-state index is 12.0. The Morgan fingerprint density at radius 3 is 2.90 bits per heavy atom. The molecule has 1 aromatic rings. The summed E-state index contributed by atoms with van der Waals surface area (Å²) in [6, 6.07) is 0.399. The Morgan fingerprint density at radius 2 is 2.35 bits per heavy atom. The molecule has 9 heteroatoms. The van der Waals surface area contributed by atoms with Crippen molar-refractivity contribution in [1.82, 2.24) is 15.2 Å². The van der Waals surface area contributed by atoms with Crippen LogP contribution in [0.25, 0.3) is 0 Å². The number of nitrogens with zero attached hydrogens (tertiary/aromatic N) is 3. The molecule has 1 aromatic heterocycles. The van der Waals surface area contributed by atoms with E-state index in [9.17, 15) is 19.7 Å². The number of carbonyl (C=O) groups is 2. The molecule has 0 saturated carbocycles. The third-order valence-electron chi connectivity index (χ3n) is 3.01. The summed E-state index contributed by atoms with van der Waals surface area (Å²) in [4.78, 5) is 38.8. The Kier molecular flexibility index (Phi) is 3.84. The molecule has 1 fully saturated rings. The van der Waals surface area contributed by atoms with Gasteiger partial charge in [-0.3, -0.25) is 19.7 Å². The summed E-state index contributed by atoms with van der Waals surface area (Å²) in [5.74, 6) is -0.854. The highest BCUT2D eigenvalue weighted by Gasteiger charge is 2.31. The van der Waals surface area contributed by atoms with E-state index in [0.717, 1.165) is 12.3 Å². The fraction of sp³-hybridized carbons (Fsp3) is 0.364. The standard InChI is InChI=1S/C11H11ClN4O4/c1-15-3-2-8(11(15)18)14-10(17)7-4-6(16(19)20)5-13-9(7)12/h4-5,8H,2-3H2,1H3,(H,14,17). The molecule has 8 nitrogen and oxygen atoms in total. The van der Waals surface area contributed by atoms with Gasteiger partial charge in [0.1, 0.15) is 17.4 Å². The number of halogens is 1. The van der Waals surface area contributed by atoms with Gasteiger partial charge in [0.15, 0.2) is 0 Å². The highest BCUT2D eigenvalue weighted by Crippen LogP contribution is 2.19. The molecule has 1 N–H and O–H groups in total. The van der Waals surface area contributed by atoms with Crippen LogP contribution in [-0.2, 0) is 4.79 Å². The summed E-state index contributed by atoms with van der Waals surface area (Å²) in [6.07, 6.45) is 1.45. The van der Waals surface area contributed by atoms with Gasteiger partial charge >= 0.3 is 0 Å². The zero-order valence-corrected chi connectivity index (χ0v) is 11.3. The van der Waals surface area contributed by atoms with Crippen LogP contribution in [0.2, 0.25) is 5.15 Å². The van der Waals surface area contributed by atoms with Crippen molar-refractivity contribution in [3.8, 4) is 0 Å². The highest BCUT2D eigenvalue weighted by atomic mass is 35.5. The second-order valence-electron chi connectivity index (χ2n) is 4.36. The highest BCUT2D eigenvalue weighted by molar-refractivity contribution is 6.32. The van der Waals surface area contributed by atoms with Gasteiger partial charge in [0, 0.05) is 19.7 Å². The summed E-state index contributed by atoms with van der Waals surface area (Å²) in [7, 11) is 1.64. The van der Waals surface area contributed by atoms with Gasteiger partial charge in [0.05, 0.1) is 10.5 Å². The van der Waals surface area contributed by atoms with Crippen molar-refractivity contribution < 1.29 is 14.5 Å². The van der Waals surface area contributed by atoms with Crippen LogP contribution in [0.5, 0.6) is 0 Å². The smallest absolute Gasteiger partial charge is 0.288 e. The van der Waals surface area contributed by atoms with E-state index in [1.165, 1.54) is 4.90 Å². The molecule has 0 radical (unpaired) electrons. The Morgan fingerprint density at radius 1 is 1.65 bits per heavy atom. The Hall–Kier alpha value is -2.22. The first-order chi connectivity index (χ1) is 9.40. The first kappa shape index (κ1) is 14.2. The Bertz CT molecular complexity index is 592. The van der Waals surface area contributed by atoms with Crippen molar-refractivity contribution in [2.45, 2.75) is 12.5 Å². The van der Waals surface area contributed by atoms with Crippen LogP contribution < -0.4 is 5.32 Å². The number of carbonyl (C=O) groups excluding carboxylic acids is 2. The molecule has 2 heterocycles. The van der Waals surface area contributed by atoms with Gasteiger partial charge < -0.3 is 10.2 Å². The molecule has 0 aromatic carbocycles. The SMILES string of the molecule is CN1CCC(NC(=O)c2cc([N+](=O)[O-])cnc2Cl)C1=O. The molecule has 106 valence electrons. The van der Waals surface area contributed by atoms with E-state index in [2.05, 4.69) is 10.3 Å². The first-order valence-corrected chi connectivity index (χ1v) is 6.13. The summed E-state index contributed by atoms with van der Waals surface area (Å²) in [6.45, 7) is 0.546. The molecule has 1 saturated heterocycles. The van der Waals surface area contributed by atoms with Crippen molar-refractivity contribution in [2.24, 2.45) is 0 Å². The van der Waals surface area contributed by atoms with Gasteiger partial charge in [0.2, 0.25) is 5.91 Å². The van der Waals surface area contributed by atoms with Crippen molar-refractivity contribution in [3.63, 3.8) is 0 Å². The number of hydrogen-bond donors (Lipinski definition) is 1. The molecular formula is C11H11ClN4O4. The minimum absolute atomic E-state index is 0.122. The summed E-state index contributed by atoms with van der Waals surface area (Å²) in [5.41, 5.74) is -0.461. The van der Waals surface area contributed by atoms with Crippen molar-refractivity contribution >= 4 is 29.1 Å². The largest absolute Gasteiger partial charge is 0.344 e.